The van der Waals surface area contributed by atoms with E-state index < -0.39 is 10.5 Å². The first-order valence-electron chi connectivity index (χ1n) is 7.97. The molecule has 1 heterocycles. The maximum atomic E-state index is 12.5. The van der Waals surface area contributed by atoms with E-state index in [4.69, 9.17) is 5.73 Å². The summed E-state index contributed by atoms with van der Waals surface area (Å²) in [4.78, 5) is 27.2. The number of thiazole rings is 1. The fourth-order valence-electron chi connectivity index (χ4n) is 2.69. The number of nitrogens with zero attached hydrogens (tertiary/aromatic N) is 2. The summed E-state index contributed by atoms with van der Waals surface area (Å²) in [6.45, 7) is 6.39. The van der Waals surface area contributed by atoms with Gasteiger partial charge in [-0.3, -0.25) is 14.9 Å². The zero-order valence-corrected chi connectivity index (χ0v) is 16.5. The smallest absolute Gasteiger partial charge is 0.271 e. The van der Waals surface area contributed by atoms with Crippen molar-refractivity contribution in [3.63, 3.8) is 0 Å². The van der Waals surface area contributed by atoms with Crippen LogP contribution < -0.4 is 11.1 Å². The molecule has 26 heavy (non-hydrogen) atoms. The number of nitrogens with two attached hydrogens (primary N) is 1. The molecule has 3 N–H and O–H groups in total. The standard InChI is InChI=1S/C17H22N4O3S.ClH/c1-11(2)8-17(3,10-18)20-15(22)14-9-25-16(19-14)12-5-4-6-13(7-12)21(23)24;/h4-7,9,11H,8,10,18H2,1-3H3,(H,20,22);1H. The number of benzene rings is 1. The first-order valence-corrected chi connectivity index (χ1v) is 8.85. The molecule has 0 fully saturated rings. The second-order valence-electron chi connectivity index (χ2n) is 6.66. The van der Waals surface area contributed by atoms with Crippen molar-refractivity contribution >= 4 is 35.3 Å². The quantitative estimate of drug-likeness (QED) is 0.546. The molecule has 1 amide bonds. The third kappa shape index (κ3) is 5.48. The van der Waals surface area contributed by atoms with Crippen molar-refractivity contribution in [1.82, 2.24) is 10.3 Å². The van der Waals surface area contributed by atoms with E-state index in [1.807, 2.05) is 6.92 Å². The highest BCUT2D eigenvalue weighted by Crippen LogP contribution is 2.27. The van der Waals surface area contributed by atoms with Crippen molar-refractivity contribution < 1.29 is 9.72 Å². The zero-order chi connectivity index (χ0) is 18.6. The summed E-state index contributed by atoms with van der Waals surface area (Å²) in [5.41, 5.74) is 6.22. The lowest BCUT2D eigenvalue weighted by molar-refractivity contribution is -0.384. The molecule has 2 rings (SSSR count). The van der Waals surface area contributed by atoms with Gasteiger partial charge in [0.15, 0.2) is 0 Å². The molecular formula is C17H23ClN4O3S. The summed E-state index contributed by atoms with van der Waals surface area (Å²) >= 11 is 1.27. The van der Waals surface area contributed by atoms with Gasteiger partial charge >= 0.3 is 0 Å². The first-order chi connectivity index (χ1) is 11.7. The molecule has 1 atom stereocenters. The summed E-state index contributed by atoms with van der Waals surface area (Å²) in [7, 11) is 0. The van der Waals surface area contributed by atoms with Gasteiger partial charge in [-0.2, -0.15) is 0 Å². The lowest BCUT2D eigenvalue weighted by Crippen LogP contribution is -2.52. The predicted molar refractivity (Wildman–Crippen MR) is 106 cm³/mol. The number of amides is 1. The number of carbonyl (C=O) groups is 1. The molecule has 7 nitrogen and oxygen atoms in total. The van der Waals surface area contributed by atoms with Crippen LogP contribution in [0, 0.1) is 16.0 Å². The lowest BCUT2D eigenvalue weighted by atomic mass is 9.90. The van der Waals surface area contributed by atoms with Gasteiger partial charge in [-0.05, 0) is 19.3 Å². The largest absolute Gasteiger partial charge is 0.344 e. The normalized spacial score (nSPS) is 13.0. The molecule has 142 valence electrons. The second kappa shape index (κ2) is 9.07. The van der Waals surface area contributed by atoms with E-state index in [2.05, 4.69) is 24.1 Å². The average Bonchev–Trinajstić information content (AvgIpc) is 3.04. The number of nitro groups is 1. The Morgan fingerprint density at radius 2 is 2.15 bits per heavy atom. The van der Waals surface area contributed by atoms with Crippen LogP contribution >= 0.6 is 23.7 Å². The molecule has 0 saturated heterocycles. The van der Waals surface area contributed by atoms with Crippen molar-refractivity contribution in [1.29, 1.82) is 0 Å². The van der Waals surface area contributed by atoms with E-state index in [1.54, 1.807) is 17.5 Å². The molecule has 9 heteroatoms. The van der Waals surface area contributed by atoms with Gasteiger partial charge in [0.2, 0.25) is 0 Å². The summed E-state index contributed by atoms with van der Waals surface area (Å²) in [6, 6.07) is 6.20. The van der Waals surface area contributed by atoms with E-state index in [0.29, 0.717) is 23.0 Å². The van der Waals surface area contributed by atoms with Crippen LogP contribution in [0.3, 0.4) is 0 Å². The van der Waals surface area contributed by atoms with E-state index in [9.17, 15) is 14.9 Å². The Labute approximate surface area is 162 Å². The molecule has 0 spiro atoms. The summed E-state index contributed by atoms with van der Waals surface area (Å²) in [5.74, 6) is 0.103. The first kappa shape index (κ1) is 22.0. The van der Waals surface area contributed by atoms with Crippen molar-refractivity contribution in [3.05, 3.63) is 45.5 Å². The maximum Gasteiger partial charge on any atom is 0.271 e. The molecule has 0 aliphatic rings. The van der Waals surface area contributed by atoms with Crippen molar-refractivity contribution in [3.8, 4) is 10.6 Å². The number of carbonyl (C=O) groups excluding carboxylic acids is 1. The molecule has 0 bridgehead atoms. The van der Waals surface area contributed by atoms with Gasteiger partial charge in [0.1, 0.15) is 10.7 Å². The molecule has 0 radical (unpaired) electrons. The lowest BCUT2D eigenvalue weighted by Gasteiger charge is -2.30. The van der Waals surface area contributed by atoms with Gasteiger partial charge in [-0.25, -0.2) is 4.98 Å². The zero-order valence-electron chi connectivity index (χ0n) is 14.9. The van der Waals surface area contributed by atoms with E-state index in [-0.39, 0.29) is 29.7 Å². The van der Waals surface area contributed by atoms with Gasteiger partial charge in [-0.1, -0.05) is 26.0 Å². The highest BCUT2D eigenvalue weighted by Gasteiger charge is 2.27. The third-order valence-electron chi connectivity index (χ3n) is 3.77. The van der Waals surface area contributed by atoms with Crippen LogP contribution in [0.25, 0.3) is 10.6 Å². The SMILES string of the molecule is CC(C)CC(C)(CN)NC(=O)c1csc(-c2cccc([N+](=O)[O-])c2)n1.Cl. The third-order valence-corrected chi connectivity index (χ3v) is 4.66. The van der Waals surface area contributed by atoms with Crippen molar-refractivity contribution in [2.75, 3.05) is 6.54 Å². The van der Waals surface area contributed by atoms with Crippen LogP contribution in [0.5, 0.6) is 0 Å². The summed E-state index contributed by atoms with van der Waals surface area (Å²) < 4.78 is 0. The van der Waals surface area contributed by atoms with Gasteiger partial charge in [-0.15, -0.1) is 23.7 Å². The Hall–Kier alpha value is -2.03. The van der Waals surface area contributed by atoms with Crippen LogP contribution in [0.4, 0.5) is 5.69 Å². The number of non-ortho nitro benzene ring substituents is 1. The van der Waals surface area contributed by atoms with Crippen LogP contribution in [-0.2, 0) is 0 Å². The Morgan fingerprint density at radius 3 is 2.73 bits per heavy atom. The van der Waals surface area contributed by atoms with Crippen LogP contribution in [0.2, 0.25) is 0 Å². The minimum Gasteiger partial charge on any atom is -0.344 e. The molecule has 1 aromatic carbocycles. The fraction of sp³-hybridized carbons (Fsp3) is 0.412. The highest BCUT2D eigenvalue weighted by molar-refractivity contribution is 7.13. The highest BCUT2D eigenvalue weighted by atomic mass is 35.5. The molecule has 0 aliphatic heterocycles. The Balaban J connectivity index is 0.00000338. The van der Waals surface area contributed by atoms with E-state index in [0.717, 1.165) is 6.42 Å². The van der Waals surface area contributed by atoms with E-state index >= 15 is 0 Å². The summed E-state index contributed by atoms with van der Waals surface area (Å²) in [5, 5.41) is 16.1. The van der Waals surface area contributed by atoms with Gasteiger partial charge in [0, 0.05) is 29.6 Å². The number of hydrogen-bond acceptors (Lipinski definition) is 6. The van der Waals surface area contributed by atoms with Crippen LogP contribution in [0.15, 0.2) is 29.6 Å². The van der Waals surface area contributed by atoms with E-state index in [1.165, 1.54) is 23.5 Å². The second-order valence-corrected chi connectivity index (χ2v) is 7.52. The molecule has 1 aromatic heterocycles. The van der Waals surface area contributed by atoms with Crippen LogP contribution in [0.1, 0.15) is 37.7 Å². The van der Waals surface area contributed by atoms with Gasteiger partial charge in [0.25, 0.3) is 11.6 Å². The number of aromatic nitrogens is 1. The van der Waals surface area contributed by atoms with Crippen LogP contribution in [-0.4, -0.2) is 27.9 Å². The van der Waals surface area contributed by atoms with Gasteiger partial charge < -0.3 is 11.1 Å². The Bertz CT molecular complexity index is 781. The maximum absolute atomic E-state index is 12.5. The fourth-order valence-corrected chi connectivity index (χ4v) is 3.48. The molecule has 0 aliphatic carbocycles. The van der Waals surface area contributed by atoms with Gasteiger partial charge in [0.05, 0.1) is 10.5 Å². The summed E-state index contributed by atoms with van der Waals surface area (Å²) in [6.07, 6.45) is 0.761. The number of rotatable bonds is 7. The van der Waals surface area contributed by atoms with Crippen molar-refractivity contribution in [2.24, 2.45) is 11.7 Å². The molecule has 1 unspecified atom stereocenters. The number of halogens is 1. The minimum absolute atomic E-state index is 0. The minimum atomic E-state index is -0.499. The monoisotopic (exact) mass is 398 g/mol. The molecule has 0 saturated carbocycles. The average molecular weight is 399 g/mol. The predicted octanol–water partition coefficient (Wildman–Crippen LogP) is 3.63. The number of nitrogens with one attached hydrogen (secondary N) is 1. The topological polar surface area (TPSA) is 111 Å². The van der Waals surface area contributed by atoms with Crippen molar-refractivity contribution in [2.45, 2.75) is 32.7 Å². The number of hydrogen-bond donors (Lipinski definition) is 2. The molecular weight excluding hydrogens is 376 g/mol. The Kier molecular flexibility index (Phi) is 7.68. The number of nitro benzene ring substituents is 1. The Morgan fingerprint density at radius 1 is 1.46 bits per heavy atom. The molecule has 2 aromatic rings.